The topological polar surface area (TPSA) is 17.8 Å². The molecule has 0 bridgehead atoms. The summed E-state index contributed by atoms with van der Waals surface area (Å²) in [6.07, 6.45) is 6.75. The molecule has 0 saturated carbocycles. The second-order valence-electron chi connectivity index (χ2n) is 3.09. The molecule has 0 spiro atoms. The molecule has 0 radical (unpaired) electrons. The molecule has 76 valence electrons. The molecule has 4 heteroatoms. The Balaban J connectivity index is 2.88. The Bertz CT molecular complexity index is 566. The van der Waals surface area contributed by atoms with Crippen molar-refractivity contribution in [3.63, 3.8) is 0 Å². The highest BCUT2D eigenvalue weighted by atomic mass is 35.5. The number of hydrogen-bond acceptors (Lipinski definition) is 1. The van der Waals surface area contributed by atoms with Crippen molar-refractivity contribution in [1.29, 1.82) is 0 Å². The van der Waals surface area contributed by atoms with Gasteiger partial charge in [0.15, 0.2) is 5.82 Å². The van der Waals surface area contributed by atoms with Crippen LogP contribution in [-0.2, 0) is 6.54 Å². The van der Waals surface area contributed by atoms with Gasteiger partial charge in [0.2, 0.25) is 0 Å². The van der Waals surface area contributed by atoms with Crippen molar-refractivity contribution in [1.82, 2.24) is 9.55 Å². The molecule has 0 atom stereocenters. The number of halogens is 2. The lowest BCUT2D eigenvalue weighted by molar-refractivity contribution is 0.634. The zero-order valence-corrected chi connectivity index (χ0v) is 8.85. The highest BCUT2D eigenvalue weighted by molar-refractivity contribution is 6.32. The minimum atomic E-state index is -0.521. The largest absolute Gasteiger partial charge is 0.331 e. The van der Waals surface area contributed by atoms with Crippen molar-refractivity contribution in [2.75, 3.05) is 0 Å². The van der Waals surface area contributed by atoms with Crippen molar-refractivity contribution in [2.45, 2.75) is 13.5 Å². The van der Waals surface area contributed by atoms with E-state index in [1.165, 1.54) is 0 Å². The van der Waals surface area contributed by atoms with Crippen LogP contribution < -0.4 is 0 Å². The maximum absolute atomic E-state index is 13.8. The highest BCUT2D eigenvalue weighted by Gasteiger charge is 2.14. The number of terminal acetylenes is 1. The first-order chi connectivity index (χ1) is 7.19. The summed E-state index contributed by atoms with van der Waals surface area (Å²) in [7, 11) is 0. The molecule has 1 heterocycles. The summed E-state index contributed by atoms with van der Waals surface area (Å²) >= 11 is 5.87. The molecule has 2 aromatic rings. The maximum atomic E-state index is 13.8. The Morgan fingerprint density at radius 1 is 1.67 bits per heavy atom. The average Bonchev–Trinajstić information content (AvgIpc) is 2.61. The smallest absolute Gasteiger partial charge is 0.168 e. The third-order valence-corrected chi connectivity index (χ3v) is 2.59. The summed E-state index contributed by atoms with van der Waals surface area (Å²) in [5, 5.41) is 0.248. The van der Waals surface area contributed by atoms with Gasteiger partial charge in [-0.2, -0.15) is 0 Å². The summed E-state index contributed by atoms with van der Waals surface area (Å²) in [5.74, 6) is 1.71. The maximum Gasteiger partial charge on any atom is 0.168 e. The summed E-state index contributed by atoms with van der Waals surface area (Å²) in [5.41, 5.74) is 1.01. The third kappa shape index (κ3) is 1.38. The number of rotatable bonds is 1. The van der Waals surface area contributed by atoms with Gasteiger partial charge < -0.3 is 4.57 Å². The van der Waals surface area contributed by atoms with E-state index in [1.807, 2.05) is 11.5 Å². The Morgan fingerprint density at radius 3 is 3.00 bits per heavy atom. The summed E-state index contributed by atoms with van der Waals surface area (Å²) in [6.45, 7) is 2.66. The molecule has 1 aromatic carbocycles. The van der Waals surface area contributed by atoms with Crippen LogP contribution in [0.5, 0.6) is 0 Å². The molecule has 0 aliphatic carbocycles. The molecule has 2 rings (SSSR count). The Hall–Kier alpha value is -1.53. The zero-order chi connectivity index (χ0) is 11.0. The predicted molar refractivity (Wildman–Crippen MR) is 58.3 cm³/mol. The lowest BCUT2D eigenvalue weighted by atomic mass is 10.2. The zero-order valence-electron chi connectivity index (χ0n) is 8.09. The Morgan fingerprint density at radius 2 is 2.40 bits per heavy atom. The van der Waals surface area contributed by atoms with Crippen molar-refractivity contribution in [3.05, 3.63) is 28.8 Å². The summed E-state index contributed by atoms with van der Waals surface area (Å²) in [6, 6.07) is 1.64. The summed E-state index contributed by atoms with van der Waals surface area (Å²) < 4.78 is 15.6. The van der Waals surface area contributed by atoms with Crippen LogP contribution in [0.4, 0.5) is 4.39 Å². The van der Waals surface area contributed by atoms with Crippen LogP contribution >= 0.6 is 11.6 Å². The van der Waals surface area contributed by atoms with Crippen LogP contribution in [0, 0.1) is 18.2 Å². The SMILES string of the molecule is C#Cc1c(Cl)cc2c(ncn2CC)c1F. The second-order valence-corrected chi connectivity index (χ2v) is 3.50. The van der Waals surface area contributed by atoms with Crippen LogP contribution in [0.15, 0.2) is 12.4 Å². The first-order valence-corrected chi connectivity index (χ1v) is 4.86. The molecule has 0 unspecified atom stereocenters. The lowest BCUT2D eigenvalue weighted by Gasteiger charge is -2.02. The first kappa shape index (κ1) is 10.0. The van der Waals surface area contributed by atoms with E-state index in [-0.39, 0.29) is 16.1 Å². The number of imidazole rings is 1. The quantitative estimate of drug-likeness (QED) is 0.679. The molecule has 2 nitrogen and oxygen atoms in total. The van der Waals surface area contributed by atoms with Gasteiger partial charge in [0.05, 0.1) is 22.4 Å². The van der Waals surface area contributed by atoms with Crippen LogP contribution in [0.2, 0.25) is 5.02 Å². The minimum absolute atomic E-state index is 0.0746. The molecule has 0 saturated heterocycles. The molecular weight excluding hydrogens is 215 g/mol. The van der Waals surface area contributed by atoms with E-state index >= 15 is 0 Å². The van der Waals surface area contributed by atoms with Gasteiger partial charge in [-0.05, 0) is 13.0 Å². The fraction of sp³-hybridized carbons (Fsp3) is 0.182. The number of fused-ring (bicyclic) bond motifs is 1. The molecule has 0 aliphatic heterocycles. The number of benzene rings is 1. The van der Waals surface area contributed by atoms with Crippen molar-refractivity contribution >= 4 is 22.6 Å². The molecule has 15 heavy (non-hydrogen) atoms. The normalized spacial score (nSPS) is 10.5. The van der Waals surface area contributed by atoms with E-state index in [2.05, 4.69) is 10.9 Å². The molecule has 0 N–H and O–H groups in total. The average molecular weight is 223 g/mol. The third-order valence-electron chi connectivity index (χ3n) is 2.29. The van der Waals surface area contributed by atoms with E-state index in [1.54, 1.807) is 12.4 Å². The van der Waals surface area contributed by atoms with Crippen molar-refractivity contribution < 1.29 is 4.39 Å². The lowest BCUT2D eigenvalue weighted by Crippen LogP contribution is -1.93. The van der Waals surface area contributed by atoms with Gasteiger partial charge in [0.1, 0.15) is 5.52 Å². The van der Waals surface area contributed by atoms with Gasteiger partial charge in [-0.1, -0.05) is 17.5 Å². The van der Waals surface area contributed by atoms with E-state index in [9.17, 15) is 4.39 Å². The van der Waals surface area contributed by atoms with Crippen molar-refractivity contribution in [3.8, 4) is 12.3 Å². The van der Waals surface area contributed by atoms with Gasteiger partial charge in [-0.25, -0.2) is 9.37 Å². The molecule has 1 aromatic heterocycles. The van der Waals surface area contributed by atoms with Crippen LogP contribution in [-0.4, -0.2) is 9.55 Å². The van der Waals surface area contributed by atoms with Crippen LogP contribution in [0.3, 0.4) is 0 Å². The Labute approximate surface area is 91.7 Å². The first-order valence-electron chi connectivity index (χ1n) is 4.48. The summed E-state index contributed by atoms with van der Waals surface area (Å²) in [4.78, 5) is 3.97. The van der Waals surface area contributed by atoms with Gasteiger partial charge in [0, 0.05) is 6.54 Å². The molecule has 0 aliphatic rings. The van der Waals surface area contributed by atoms with Gasteiger partial charge in [-0.15, -0.1) is 6.42 Å². The van der Waals surface area contributed by atoms with Gasteiger partial charge >= 0.3 is 0 Å². The van der Waals surface area contributed by atoms with Crippen LogP contribution in [0.1, 0.15) is 12.5 Å². The standard InChI is InChI=1S/C11H8ClFN2/c1-3-7-8(12)5-9-11(10(7)13)14-6-15(9)4-2/h1,5-6H,4H2,2H3. The number of aromatic nitrogens is 2. The number of hydrogen-bond donors (Lipinski definition) is 0. The van der Waals surface area contributed by atoms with E-state index in [0.717, 1.165) is 0 Å². The number of nitrogens with zero attached hydrogens (tertiary/aromatic N) is 2. The monoisotopic (exact) mass is 222 g/mol. The minimum Gasteiger partial charge on any atom is -0.331 e. The second kappa shape index (κ2) is 3.56. The van der Waals surface area contributed by atoms with Gasteiger partial charge in [0.25, 0.3) is 0 Å². The Kier molecular flexibility index (Phi) is 2.37. The molecular formula is C11H8ClFN2. The number of aryl methyl sites for hydroxylation is 1. The predicted octanol–water partition coefficient (Wildman–Crippen LogP) is 2.83. The molecule has 0 amide bonds. The van der Waals surface area contributed by atoms with Gasteiger partial charge in [-0.3, -0.25) is 0 Å². The van der Waals surface area contributed by atoms with E-state index in [0.29, 0.717) is 12.1 Å². The van der Waals surface area contributed by atoms with Crippen LogP contribution in [0.25, 0.3) is 11.0 Å². The van der Waals surface area contributed by atoms with Crippen molar-refractivity contribution in [2.24, 2.45) is 0 Å². The van der Waals surface area contributed by atoms with E-state index < -0.39 is 5.82 Å². The highest BCUT2D eigenvalue weighted by Crippen LogP contribution is 2.26. The molecule has 0 fully saturated rings. The fourth-order valence-electron chi connectivity index (χ4n) is 1.51. The van der Waals surface area contributed by atoms with E-state index in [4.69, 9.17) is 18.0 Å². The fourth-order valence-corrected chi connectivity index (χ4v) is 1.75.